The lowest BCUT2D eigenvalue weighted by atomic mass is 9.93. The molecule has 5 heteroatoms. The van der Waals surface area contributed by atoms with E-state index in [0.717, 1.165) is 29.5 Å². The van der Waals surface area contributed by atoms with Gasteiger partial charge in [-0.05, 0) is 47.7 Å². The number of rotatable bonds is 3. The molecule has 1 fully saturated rings. The quantitative estimate of drug-likeness (QED) is 0.792. The predicted octanol–water partition coefficient (Wildman–Crippen LogP) is 4.45. The summed E-state index contributed by atoms with van der Waals surface area (Å²) < 4.78 is 13.3. The molecule has 2 aromatic carbocycles. The highest BCUT2D eigenvalue weighted by Gasteiger charge is 2.34. The Hall–Kier alpha value is -2.95. The van der Waals surface area contributed by atoms with Crippen LogP contribution in [0.1, 0.15) is 55.0 Å². The Bertz CT molecular complexity index is 922. The Morgan fingerprint density at radius 2 is 1.86 bits per heavy atom. The number of carbonyl (C=O) groups is 2. The number of likely N-dealkylation sites (tertiary alicyclic amines) is 1. The van der Waals surface area contributed by atoms with Crippen LogP contribution in [0.25, 0.3) is 6.08 Å². The average Bonchev–Trinajstić information content (AvgIpc) is 3.18. The number of fused-ring (bicyclic) bond motifs is 1. The van der Waals surface area contributed by atoms with Crippen LogP contribution in [0.15, 0.2) is 54.7 Å². The molecule has 2 aromatic rings. The van der Waals surface area contributed by atoms with Gasteiger partial charge in [0.05, 0.1) is 18.5 Å². The Morgan fingerprint density at radius 1 is 1.11 bits per heavy atom. The van der Waals surface area contributed by atoms with Gasteiger partial charge in [-0.2, -0.15) is 0 Å². The van der Waals surface area contributed by atoms with E-state index in [9.17, 15) is 14.0 Å². The molecule has 4 rings (SSSR count). The van der Waals surface area contributed by atoms with Crippen LogP contribution in [0.3, 0.4) is 0 Å². The summed E-state index contributed by atoms with van der Waals surface area (Å²) in [4.78, 5) is 28.9. The van der Waals surface area contributed by atoms with Gasteiger partial charge in [-0.15, -0.1) is 0 Å². The third kappa shape index (κ3) is 3.44. The standard InChI is InChI=1S/C23H23FN2O2/c1-16(27)25-14-12-17-5-2-3-6-20(17)22(25)15-23(28)26-13-4-7-21(26)18-8-10-19(24)11-9-18/h2-3,5-6,8-12,14,21-22H,4,7,13,15H2,1H3. The van der Waals surface area contributed by atoms with E-state index >= 15 is 0 Å². The zero-order chi connectivity index (χ0) is 19.7. The summed E-state index contributed by atoms with van der Waals surface area (Å²) in [7, 11) is 0. The van der Waals surface area contributed by atoms with E-state index in [2.05, 4.69) is 0 Å². The van der Waals surface area contributed by atoms with Gasteiger partial charge in [0.2, 0.25) is 11.8 Å². The summed E-state index contributed by atoms with van der Waals surface area (Å²) in [5, 5.41) is 0. The maximum Gasteiger partial charge on any atom is 0.225 e. The molecule has 1 saturated heterocycles. The fourth-order valence-corrected chi connectivity index (χ4v) is 4.29. The van der Waals surface area contributed by atoms with Gasteiger partial charge in [-0.25, -0.2) is 4.39 Å². The van der Waals surface area contributed by atoms with Crippen molar-refractivity contribution in [2.75, 3.05) is 6.54 Å². The maximum absolute atomic E-state index is 13.3. The molecule has 144 valence electrons. The van der Waals surface area contributed by atoms with Crippen molar-refractivity contribution in [1.29, 1.82) is 0 Å². The van der Waals surface area contributed by atoms with Crippen molar-refractivity contribution in [2.45, 2.75) is 38.3 Å². The van der Waals surface area contributed by atoms with Crippen molar-refractivity contribution in [3.8, 4) is 0 Å². The van der Waals surface area contributed by atoms with E-state index in [1.807, 2.05) is 35.2 Å². The van der Waals surface area contributed by atoms with Crippen LogP contribution in [0.5, 0.6) is 0 Å². The first-order valence-electron chi connectivity index (χ1n) is 9.65. The van der Waals surface area contributed by atoms with Crippen molar-refractivity contribution in [3.05, 3.63) is 77.2 Å². The zero-order valence-electron chi connectivity index (χ0n) is 15.8. The fraction of sp³-hybridized carbons (Fsp3) is 0.304. The van der Waals surface area contributed by atoms with Crippen LogP contribution in [0.2, 0.25) is 0 Å². The topological polar surface area (TPSA) is 40.6 Å². The molecule has 0 bridgehead atoms. The molecular formula is C23H23FN2O2. The number of halogens is 1. The van der Waals surface area contributed by atoms with E-state index in [1.54, 1.807) is 23.2 Å². The van der Waals surface area contributed by atoms with Gasteiger partial charge in [-0.1, -0.05) is 36.4 Å². The molecule has 28 heavy (non-hydrogen) atoms. The molecular weight excluding hydrogens is 355 g/mol. The van der Waals surface area contributed by atoms with E-state index < -0.39 is 0 Å². The molecule has 0 aromatic heterocycles. The lowest BCUT2D eigenvalue weighted by Crippen LogP contribution is -2.37. The second-order valence-corrected chi connectivity index (χ2v) is 7.39. The van der Waals surface area contributed by atoms with Gasteiger partial charge >= 0.3 is 0 Å². The minimum absolute atomic E-state index is 0.0215. The summed E-state index contributed by atoms with van der Waals surface area (Å²) in [6, 6.07) is 13.9. The third-order valence-electron chi connectivity index (χ3n) is 5.66. The molecule has 0 saturated carbocycles. The Morgan fingerprint density at radius 3 is 2.61 bits per heavy atom. The SMILES string of the molecule is CC(=O)N1C=Cc2ccccc2C1CC(=O)N1CCCC1c1ccc(F)cc1. The Kier molecular flexibility index (Phi) is 4.99. The van der Waals surface area contributed by atoms with Crippen LogP contribution >= 0.6 is 0 Å². The molecule has 2 aliphatic heterocycles. The van der Waals surface area contributed by atoms with Gasteiger partial charge in [0, 0.05) is 19.7 Å². The van der Waals surface area contributed by atoms with E-state index in [-0.39, 0.29) is 36.1 Å². The summed E-state index contributed by atoms with van der Waals surface area (Å²) in [5.41, 5.74) is 2.99. The van der Waals surface area contributed by atoms with Crippen molar-refractivity contribution < 1.29 is 14.0 Å². The van der Waals surface area contributed by atoms with Crippen molar-refractivity contribution in [2.24, 2.45) is 0 Å². The molecule has 2 aliphatic rings. The monoisotopic (exact) mass is 378 g/mol. The zero-order valence-corrected chi connectivity index (χ0v) is 15.8. The average molecular weight is 378 g/mol. The number of nitrogens with zero attached hydrogens (tertiary/aromatic N) is 2. The molecule has 0 spiro atoms. The van der Waals surface area contributed by atoms with Gasteiger partial charge in [0.25, 0.3) is 0 Å². The van der Waals surface area contributed by atoms with E-state index in [0.29, 0.717) is 6.54 Å². The van der Waals surface area contributed by atoms with Gasteiger partial charge in [-0.3, -0.25) is 9.59 Å². The third-order valence-corrected chi connectivity index (χ3v) is 5.66. The molecule has 4 nitrogen and oxygen atoms in total. The minimum Gasteiger partial charge on any atom is -0.336 e. The number of amides is 2. The number of carbonyl (C=O) groups excluding carboxylic acids is 2. The first-order valence-corrected chi connectivity index (χ1v) is 9.65. The molecule has 0 aliphatic carbocycles. The van der Waals surface area contributed by atoms with Gasteiger partial charge < -0.3 is 9.80 Å². The predicted molar refractivity (Wildman–Crippen MR) is 105 cm³/mol. The van der Waals surface area contributed by atoms with E-state index in [1.165, 1.54) is 19.1 Å². The van der Waals surface area contributed by atoms with Crippen LogP contribution < -0.4 is 0 Å². The molecule has 2 unspecified atom stereocenters. The van der Waals surface area contributed by atoms with Gasteiger partial charge in [0.15, 0.2) is 0 Å². The van der Waals surface area contributed by atoms with Crippen LogP contribution in [0.4, 0.5) is 4.39 Å². The normalized spacial score (nSPS) is 20.9. The van der Waals surface area contributed by atoms with Crippen LogP contribution in [-0.4, -0.2) is 28.2 Å². The van der Waals surface area contributed by atoms with Crippen molar-refractivity contribution in [3.63, 3.8) is 0 Å². The van der Waals surface area contributed by atoms with E-state index in [4.69, 9.17) is 0 Å². The maximum atomic E-state index is 13.3. The fourth-order valence-electron chi connectivity index (χ4n) is 4.29. The molecule has 0 radical (unpaired) electrons. The second kappa shape index (κ2) is 7.58. The lowest BCUT2D eigenvalue weighted by Gasteiger charge is -2.34. The molecule has 2 atom stereocenters. The summed E-state index contributed by atoms with van der Waals surface area (Å²) in [6.07, 6.45) is 5.71. The Labute approximate surface area is 164 Å². The Balaban J connectivity index is 1.58. The minimum atomic E-state index is -0.305. The largest absolute Gasteiger partial charge is 0.336 e. The second-order valence-electron chi connectivity index (χ2n) is 7.39. The highest BCUT2D eigenvalue weighted by atomic mass is 19.1. The summed E-state index contributed by atoms with van der Waals surface area (Å²) in [6.45, 7) is 2.21. The number of hydrogen-bond acceptors (Lipinski definition) is 2. The summed E-state index contributed by atoms with van der Waals surface area (Å²) in [5.74, 6) is -0.337. The molecule has 2 heterocycles. The van der Waals surface area contributed by atoms with Gasteiger partial charge in [0.1, 0.15) is 5.82 Å². The first-order chi connectivity index (χ1) is 13.5. The van der Waals surface area contributed by atoms with Crippen molar-refractivity contribution >= 4 is 17.9 Å². The smallest absolute Gasteiger partial charge is 0.225 e. The van der Waals surface area contributed by atoms with Crippen LogP contribution in [-0.2, 0) is 9.59 Å². The highest BCUT2D eigenvalue weighted by Crippen LogP contribution is 2.37. The molecule has 2 amide bonds. The summed E-state index contributed by atoms with van der Waals surface area (Å²) >= 11 is 0. The molecule has 0 N–H and O–H groups in total. The number of benzene rings is 2. The van der Waals surface area contributed by atoms with Crippen molar-refractivity contribution in [1.82, 2.24) is 9.80 Å². The first kappa shape index (κ1) is 18.4. The van der Waals surface area contributed by atoms with Crippen LogP contribution in [0, 0.1) is 5.82 Å². The highest BCUT2D eigenvalue weighted by molar-refractivity contribution is 5.82. The lowest BCUT2D eigenvalue weighted by molar-refractivity contribution is -0.135. The number of hydrogen-bond donors (Lipinski definition) is 0.